The number of likely N-dealkylation sites (tertiary alicyclic amines) is 1. The number of rotatable bonds is 16. The minimum absolute atomic E-state index is 0.211. The first-order chi connectivity index (χ1) is 18.1. The average Bonchev–Trinajstić information content (AvgIpc) is 3.76. The molecule has 1 heterocycles. The number of nitrogens with one attached hydrogen (secondary N) is 1. The van der Waals surface area contributed by atoms with Crippen molar-refractivity contribution in [2.75, 3.05) is 47.0 Å². The van der Waals surface area contributed by atoms with E-state index >= 15 is 0 Å². The maximum absolute atomic E-state index is 12.6. The van der Waals surface area contributed by atoms with Crippen LogP contribution in [0.2, 0.25) is 0 Å². The number of likely N-dealkylation sites (N-methyl/N-ethyl adjacent to an activating group) is 1. The summed E-state index contributed by atoms with van der Waals surface area (Å²) in [5, 5.41) is 16.1. The Morgan fingerprint density at radius 1 is 1.00 bits per heavy atom. The summed E-state index contributed by atoms with van der Waals surface area (Å²) in [6.07, 6.45) is 17.0. The summed E-state index contributed by atoms with van der Waals surface area (Å²) in [4.78, 5) is 2.72. The highest BCUT2D eigenvalue weighted by molar-refractivity contribution is 5.39. The van der Waals surface area contributed by atoms with Gasteiger partial charge in [-0.1, -0.05) is 63.1 Å². The van der Waals surface area contributed by atoms with Crippen LogP contribution in [0, 0.1) is 17.8 Å². The summed E-state index contributed by atoms with van der Waals surface area (Å²) < 4.78 is 11.7. The SMILES string of the molecule is CNCC(CC1CCCCC1)N1CCC[C@@H](C(O)(CCCCOC)c2ccccc2OCCC2CC2)C1. The Labute approximate surface area is 226 Å². The van der Waals surface area contributed by atoms with E-state index in [4.69, 9.17) is 9.47 Å². The van der Waals surface area contributed by atoms with Crippen molar-refractivity contribution in [3.05, 3.63) is 29.8 Å². The number of aliphatic hydroxyl groups is 1. The second kappa shape index (κ2) is 14.9. The van der Waals surface area contributed by atoms with Crippen LogP contribution in [0.3, 0.4) is 0 Å². The summed E-state index contributed by atoms with van der Waals surface area (Å²) in [6, 6.07) is 8.90. The minimum atomic E-state index is -0.877. The molecule has 37 heavy (non-hydrogen) atoms. The zero-order valence-corrected chi connectivity index (χ0v) is 23.8. The van der Waals surface area contributed by atoms with Crippen molar-refractivity contribution in [1.82, 2.24) is 10.2 Å². The maximum Gasteiger partial charge on any atom is 0.125 e. The molecule has 0 aromatic heterocycles. The number of piperidine rings is 1. The molecule has 0 amide bonds. The van der Waals surface area contributed by atoms with Gasteiger partial charge < -0.3 is 19.9 Å². The van der Waals surface area contributed by atoms with Crippen LogP contribution < -0.4 is 10.1 Å². The smallest absolute Gasteiger partial charge is 0.125 e. The van der Waals surface area contributed by atoms with Crippen LogP contribution in [-0.2, 0) is 10.3 Å². The van der Waals surface area contributed by atoms with E-state index in [2.05, 4.69) is 41.5 Å². The maximum atomic E-state index is 12.6. The van der Waals surface area contributed by atoms with Crippen LogP contribution >= 0.6 is 0 Å². The fraction of sp³-hybridized carbons (Fsp3) is 0.812. The normalized spacial score (nSPS) is 24.0. The van der Waals surface area contributed by atoms with Crippen molar-refractivity contribution >= 4 is 0 Å². The monoisotopic (exact) mass is 514 g/mol. The van der Waals surface area contributed by atoms with Crippen molar-refractivity contribution in [3.63, 3.8) is 0 Å². The van der Waals surface area contributed by atoms with Gasteiger partial charge in [0, 0.05) is 44.3 Å². The molecule has 0 bridgehead atoms. The average molecular weight is 515 g/mol. The molecule has 1 aliphatic heterocycles. The summed E-state index contributed by atoms with van der Waals surface area (Å²) in [6.45, 7) is 4.66. The number of hydrogen-bond acceptors (Lipinski definition) is 5. The first-order valence-corrected chi connectivity index (χ1v) is 15.5. The van der Waals surface area contributed by atoms with Gasteiger partial charge >= 0.3 is 0 Å². The quantitative estimate of drug-likeness (QED) is 0.260. The van der Waals surface area contributed by atoms with E-state index in [1.54, 1.807) is 7.11 Å². The second-order valence-corrected chi connectivity index (χ2v) is 12.2. The van der Waals surface area contributed by atoms with Gasteiger partial charge in [0.1, 0.15) is 5.75 Å². The van der Waals surface area contributed by atoms with Gasteiger partial charge in [0.15, 0.2) is 0 Å². The van der Waals surface area contributed by atoms with Crippen molar-refractivity contribution in [2.24, 2.45) is 17.8 Å². The van der Waals surface area contributed by atoms with E-state index in [0.29, 0.717) is 6.04 Å². The lowest BCUT2D eigenvalue weighted by Crippen LogP contribution is -2.52. The van der Waals surface area contributed by atoms with E-state index in [9.17, 15) is 5.11 Å². The number of benzene rings is 1. The molecule has 4 rings (SSSR count). The third-order valence-electron chi connectivity index (χ3n) is 9.40. The lowest BCUT2D eigenvalue weighted by atomic mass is 9.73. The molecule has 3 atom stereocenters. The number of hydrogen-bond donors (Lipinski definition) is 2. The van der Waals surface area contributed by atoms with Gasteiger partial charge in [-0.2, -0.15) is 0 Å². The van der Waals surface area contributed by atoms with Crippen molar-refractivity contribution in [2.45, 2.75) is 102 Å². The Bertz CT molecular complexity index is 779. The first-order valence-electron chi connectivity index (χ1n) is 15.5. The first kappa shape index (κ1) is 28.9. The fourth-order valence-corrected chi connectivity index (χ4v) is 7.02. The van der Waals surface area contributed by atoms with Crippen LogP contribution in [0.5, 0.6) is 5.75 Å². The molecule has 2 unspecified atom stereocenters. The number of methoxy groups -OCH3 is 1. The Balaban J connectivity index is 1.51. The van der Waals surface area contributed by atoms with Gasteiger partial charge in [-0.25, -0.2) is 0 Å². The fourth-order valence-electron chi connectivity index (χ4n) is 7.02. The zero-order chi connectivity index (χ0) is 25.9. The van der Waals surface area contributed by atoms with E-state index in [1.807, 2.05) is 0 Å². The van der Waals surface area contributed by atoms with Gasteiger partial charge in [0.05, 0.1) is 12.2 Å². The molecule has 5 nitrogen and oxygen atoms in total. The highest BCUT2D eigenvalue weighted by Gasteiger charge is 2.43. The third-order valence-corrected chi connectivity index (χ3v) is 9.40. The molecule has 1 aromatic rings. The Hall–Kier alpha value is -1.14. The minimum Gasteiger partial charge on any atom is -0.493 e. The number of ether oxygens (including phenoxy) is 2. The lowest BCUT2D eigenvalue weighted by molar-refractivity contribution is -0.0704. The van der Waals surface area contributed by atoms with Crippen molar-refractivity contribution < 1.29 is 14.6 Å². The molecule has 3 fully saturated rings. The van der Waals surface area contributed by atoms with Crippen LogP contribution in [0.1, 0.15) is 95.5 Å². The van der Waals surface area contributed by atoms with Crippen LogP contribution in [0.15, 0.2) is 24.3 Å². The zero-order valence-electron chi connectivity index (χ0n) is 23.8. The third kappa shape index (κ3) is 8.42. The molecule has 1 saturated heterocycles. The summed E-state index contributed by atoms with van der Waals surface area (Å²) in [5.74, 6) is 2.81. The van der Waals surface area contributed by atoms with Gasteiger partial charge in [0.2, 0.25) is 0 Å². The number of nitrogens with zero attached hydrogens (tertiary/aromatic N) is 1. The second-order valence-electron chi connectivity index (χ2n) is 12.2. The predicted octanol–water partition coefficient (Wildman–Crippen LogP) is 6.14. The van der Waals surface area contributed by atoms with Crippen LogP contribution in [-0.4, -0.2) is 63.1 Å². The van der Waals surface area contributed by atoms with E-state index in [0.717, 1.165) is 94.5 Å². The molecule has 5 heteroatoms. The number of unbranched alkanes of at least 4 members (excludes halogenated alkanes) is 1. The Kier molecular flexibility index (Phi) is 11.6. The molecule has 0 spiro atoms. The molecule has 210 valence electrons. The van der Waals surface area contributed by atoms with E-state index in [1.165, 1.54) is 51.4 Å². The molecule has 1 aromatic carbocycles. The number of para-hydroxylation sites is 1. The van der Waals surface area contributed by atoms with E-state index < -0.39 is 5.60 Å². The van der Waals surface area contributed by atoms with Crippen molar-refractivity contribution in [3.8, 4) is 5.75 Å². The topological polar surface area (TPSA) is 54.0 Å². The van der Waals surface area contributed by atoms with Crippen LogP contribution in [0.4, 0.5) is 0 Å². The molecule has 2 aliphatic carbocycles. The van der Waals surface area contributed by atoms with Gasteiger partial charge in [-0.15, -0.1) is 0 Å². The summed E-state index contributed by atoms with van der Waals surface area (Å²) in [7, 11) is 3.86. The Morgan fingerprint density at radius 3 is 2.57 bits per heavy atom. The van der Waals surface area contributed by atoms with Crippen molar-refractivity contribution in [1.29, 1.82) is 0 Å². The molecule has 3 aliphatic rings. The lowest BCUT2D eigenvalue weighted by Gasteiger charge is -2.46. The van der Waals surface area contributed by atoms with E-state index in [-0.39, 0.29) is 5.92 Å². The summed E-state index contributed by atoms with van der Waals surface area (Å²) in [5.41, 5.74) is 0.130. The highest BCUT2D eigenvalue weighted by atomic mass is 16.5. The Morgan fingerprint density at radius 2 is 1.81 bits per heavy atom. The summed E-state index contributed by atoms with van der Waals surface area (Å²) >= 11 is 0. The molecule has 2 N–H and O–H groups in total. The largest absolute Gasteiger partial charge is 0.493 e. The van der Waals surface area contributed by atoms with Crippen LogP contribution in [0.25, 0.3) is 0 Å². The standard InChI is InChI=1S/C32H54N2O3/c1-33-24-29(23-27-11-4-3-5-12-27)34-20-10-13-28(25-34)32(35,19-8-9-21-36-2)30-14-6-7-15-31(30)37-22-18-26-16-17-26/h6-7,14-15,26-29,33,35H,3-5,8-13,16-25H2,1-2H3/t28-,29?,32?/m1/s1. The van der Waals surface area contributed by atoms with Gasteiger partial charge in [-0.3, -0.25) is 4.90 Å². The highest BCUT2D eigenvalue weighted by Crippen LogP contribution is 2.44. The molecular formula is C32H54N2O3. The molecule has 2 saturated carbocycles. The molecule has 0 radical (unpaired) electrons. The predicted molar refractivity (Wildman–Crippen MR) is 152 cm³/mol. The van der Waals surface area contributed by atoms with Gasteiger partial charge in [0.25, 0.3) is 0 Å². The van der Waals surface area contributed by atoms with Gasteiger partial charge in [-0.05, 0) is 76.4 Å². The molecular weight excluding hydrogens is 460 g/mol.